The van der Waals surface area contributed by atoms with E-state index in [0.29, 0.717) is 31.2 Å². The van der Waals surface area contributed by atoms with Crippen LogP contribution >= 0.6 is 11.6 Å². The average Bonchev–Trinajstić information content (AvgIpc) is 3.57. The van der Waals surface area contributed by atoms with Gasteiger partial charge < -0.3 is 10.0 Å². The SMILES string of the molecule is O=C(c1nc2c(C(F)(F)F)cc(C3CC3)cn2c1Cl)N1CCN([C@H]2CC[C@H](O)CC2)C(=O)N1. The normalized spacial score (nSPS) is 24.3. The van der Waals surface area contributed by atoms with Crippen molar-refractivity contribution >= 4 is 29.2 Å². The Kier molecular flexibility index (Phi) is 5.43. The van der Waals surface area contributed by atoms with Gasteiger partial charge in [0.25, 0.3) is 5.91 Å². The lowest BCUT2D eigenvalue weighted by Crippen LogP contribution is -2.62. The molecule has 12 heteroatoms. The Bertz CT molecular complexity index is 1110. The number of hydrogen-bond acceptors (Lipinski definition) is 4. The van der Waals surface area contributed by atoms with Crippen molar-refractivity contribution in [2.24, 2.45) is 0 Å². The van der Waals surface area contributed by atoms with Crippen molar-refractivity contribution in [3.63, 3.8) is 0 Å². The highest BCUT2D eigenvalue weighted by Gasteiger charge is 2.39. The zero-order valence-corrected chi connectivity index (χ0v) is 18.4. The number of aliphatic hydroxyl groups excluding tert-OH is 1. The van der Waals surface area contributed by atoms with E-state index in [1.807, 2.05) is 0 Å². The number of rotatable bonds is 3. The van der Waals surface area contributed by atoms with Crippen molar-refractivity contribution in [2.75, 3.05) is 13.1 Å². The van der Waals surface area contributed by atoms with E-state index >= 15 is 0 Å². The molecule has 1 saturated heterocycles. The van der Waals surface area contributed by atoms with E-state index in [2.05, 4.69) is 10.4 Å². The Balaban J connectivity index is 1.40. The number of fused-ring (bicyclic) bond motifs is 1. The summed E-state index contributed by atoms with van der Waals surface area (Å²) in [6.45, 7) is 0.399. The largest absolute Gasteiger partial charge is 0.419 e. The highest BCUT2D eigenvalue weighted by Crippen LogP contribution is 2.43. The summed E-state index contributed by atoms with van der Waals surface area (Å²) in [5.74, 6) is -0.724. The van der Waals surface area contributed by atoms with E-state index in [1.165, 1.54) is 6.20 Å². The number of pyridine rings is 1. The van der Waals surface area contributed by atoms with Gasteiger partial charge >= 0.3 is 12.2 Å². The van der Waals surface area contributed by atoms with Gasteiger partial charge in [-0.25, -0.2) is 20.2 Å². The first-order valence-electron chi connectivity index (χ1n) is 11.0. The summed E-state index contributed by atoms with van der Waals surface area (Å²) in [7, 11) is 0. The summed E-state index contributed by atoms with van der Waals surface area (Å²) in [4.78, 5) is 31.3. The number of nitrogens with one attached hydrogen (secondary N) is 1. The van der Waals surface area contributed by atoms with Crippen LogP contribution in [0.2, 0.25) is 5.15 Å². The number of hydrazine groups is 1. The Morgan fingerprint density at radius 1 is 1.15 bits per heavy atom. The first-order valence-corrected chi connectivity index (χ1v) is 11.4. The van der Waals surface area contributed by atoms with Crippen LogP contribution in [0.5, 0.6) is 0 Å². The maximum Gasteiger partial charge on any atom is 0.419 e. The van der Waals surface area contributed by atoms with Crippen LogP contribution in [0.1, 0.15) is 66.1 Å². The van der Waals surface area contributed by atoms with Gasteiger partial charge in [-0.1, -0.05) is 11.6 Å². The number of urea groups is 1. The number of carbonyl (C=O) groups is 2. The molecule has 0 atom stereocenters. The van der Waals surface area contributed by atoms with E-state index in [0.717, 1.165) is 28.3 Å². The molecule has 0 spiro atoms. The van der Waals surface area contributed by atoms with Crippen molar-refractivity contribution in [1.29, 1.82) is 0 Å². The topological polar surface area (TPSA) is 90.2 Å². The van der Waals surface area contributed by atoms with Crippen LogP contribution in [0, 0.1) is 0 Å². The molecule has 8 nitrogen and oxygen atoms in total. The van der Waals surface area contributed by atoms with E-state index in [1.54, 1.807) is 4.90 Å². The molecular formula is C21H23ClF3N5O3. The zero-order chi connectivity index (χ0) is 23.5. The van der Waals surface area contributed by atoms with Crippen LogP contribution in [0.25, 0.3) is 5.65 Å². The summed E-state index contributed by atoms with van der Waals surface area (Å²) >= 11 is 6.33. The first-order chi connectivity index (χ1) is 15.6. The molecule has 2 aliphatic carbocycles. The molecule has 178 valence electrons. The van der Waals surface area contributed by atoms with Gasteiger partial charge in [0.15, 0.2) is 11.3 Å². The number of halogens is 4. The zero-order valence-electron chi connectivity index (χ0n) is 17.6. The van der Waals surface area contributed by atoms with Gasteiger partial charge in [-0.05, 0) is 56.1 Å². The van der Waals surface area contributed by atoms with Gasteiger partial charge in [0.2, 0.25) is 0 Å². The molecule has 33 heavy (non-hydrogen) atoms. The monoisotopic (exact) mass is 485 g/mol. The minimum absolute atomic E-state index is 0.0281. The molecule has 0 aromatic carbocycles. The lowest BCUT2D eigenvalue weighted by Gasteiger charge is -2.41. The molecule has 0 bridgehead atoms. The minimum Gasteiger partial charge on any atom is -0.393 e. The number of nitrogens with zero attached hydrogens (tertiary/aromatic N) is 4. The number of aliphatic hydroxyl groups is 1. The Morgan fingerprint density at radius 2 is 1.85 bits per heavy atom. The fourth-order valence-electron chi connectivity index (χ4n) is 4.67. The van der Waals surface area contributed by atoms with Gasteiger partial charge in [-0.2, -0.15) is 13.2 Å². The van der Waals surface area contributed by atoms with E-state index < -0.39 is 29.3 Å². The number of amides is 3. The summed E-state index contributed by atoms with van der Waals surface area (Å²) < 4.78 is 42.2. The molecule has 3 fully saturated rings. The van der Waals surface area contributed by atoms with Gasteiger partial charge in [0.1, 0.15) is 5.15 Å². The van der Waals surface area contributed by atoms with Gasteiger partial charge in [-0.15, -0.1) is 0 Å². The molecule has 2 aromatic heterocycles. The second-order valence-corrected chi connectivity index (χ2v) is 9.29. The van der Waals surface area contributed by atoms with Gasteiger partial charge in [0, 0.05) is 18.8 Å². The number of hydrogen-bond donors (Lipinski definition) is 2. The lowest BCUT2D eigenvalue weighted by molar-refractivity contribution is -0.136. The summed E-state index contributed by atoms with van der Waals surface area (Å²) in [6, 6.07) is 0.578. The van der Waals surface area contributed by atoms with Crippen LogP contribution < -0.4 is 5.43 Å². The summed E-state index contributed by atoms with van der Waals surface area (Å²) in [6.07, 6.45) is 0.655. The molecular weight excluding hydrogens is 463 g/mol. The van der Waals surface area contributed by atoms with Crippen molar-refractivity contribution < 1.29 is 27.9 Å². The van der Waals surface area contributed by atoms with Crippen LogP contribution in [0.15, 0.2) is 12.3 Å². The van der Waals surface area contributed by atoms with Crippen molar-refractivity contribution in [1.82, 2.24) is 24.7 Å². The van der Waals surface area contributed by atoms with Crippen LogP contribution in [0.4, 0.5) is 18.0 Å². The van der Waals surface area contributed by atoms with Crippen LogP contribution in [-0.4, -0.2) is 61.6 Å². The van der Waals surface area contributed by atoms with E-state index in [-0.39, 0.29) is 42.0 Å². The molecule has 2 N–H and O–H groups in total. The third kappa shape index (κ3) is 4.12. The maximum atomic E-state index is 13.7. The molecule has 3 aliphatic rings. The highest BCUT2D eigenvalue weighted by atomic mass is 35.5. The standard InChI is InChI=1S/C21H23ClF3N5O3/c22-17-16(26-18-15(21(23,24)25)9-12(10-29(17)18)11-1-2-11)19(32)30-8-7-28(20(33)27-30)13-3-5-14(31)6-4-13/h9-11,13-14,31H,1-8H2,(H,27,33)/t13-,14-. The molecule has 2 aromatic rings. The highest BCUT2D eigenvalue weighted by molar-refractivity contribution is 6.33. The van der Waals surface area contributed by atoms with Crippen molar-refractivity contribution in [3.8, 4) is 0 Å². The number of alkyl halides is 3. The number of imidazole rings is 1. The summed E-state index contributed by atoms with van der Waals surface area (Å²) in [5.41, 5.74) is 1.29. The fourth-order valence-corrected chi connectivity index (χ4v) is 4.92. The molecule has 1 aliphatic heterocycles. The minimum atomic E-state index is -4.66. The predicted octanol–water partition coefficient (Wildman–Crippen LogP) is 3.57. The lowest BCUT2D eigenvalue weighted by atomic mass is 9.92. The van der Waals surface area contributed by atoms with Crippen molar-refractivity contribution in [3.05, 3.63) is 34.2 Å². The smallest absolute Gasteiger partial charge is 0.393 e. The average molecular weight is 486 g/mol. The first kappa shape index (κ1) is 22.3. The quantitative estimate of drug-likeness (QED) is 0.695. The Hall–Kier alpha value is -2.53. The van der Waals surface area contributed by atoms with E-state index in [4.69, 9.17) is 11.6 Å². The second-order valence-electron chi connectivity index (χ2n) is 8.93. The van der Waals surface area contributed by atoms with Gasteiger partial charge in [0.05, 0.1) is 18.2 Å². The molecule has 3 heterocycles. The summed E-state index contributed by atoms with van der Waals surface area (Å²) in [5, 5.41) is 10.5. The molecule has 0 radical (unpaired) electrons. The molecule has 3 amide bonds. The fraction of sp³-hybridized carbons (Fsp3) is 0.571. The van der Waals surface area contributed by atoms with E-state index in [9.17, 15) is 27.9 Å². The van der Waals surface area contributed by atoms with Crippen LogP contribution in [-0.2, 0) is 6.18 Å². The molecule has 0 unspecified atom stereocenters. The molecule has 2 saturated carbocycles. The second kappa shape index (κ2) is 8.05. The van der Waals surface area contributed by atoms with Gasteiger partial charge in [-0.3, -0.25) is 9.20 Å². The third-order valence-electron chi connectivity index (χ3n) is 6.65. The van der Waals surface area contributed by atoms with Crippen LogP contribution in [0.3, 0.4) is 0 Å². The predicted molar refractivity (Wildman–Crippen MR) is 112 cm³/mol. The molecule has 5 rings (SSSR count). The number of carbonyl (C=O) groups excluding carboxylic acids is 2. The number of aromatic nitrogens is 2. The Labute approximate surface area is 192 Å². The third-order valence-corrected chi connectivity index (χ3v) is 7.01. The Morgan fingerprint density at radius 3 is 2.45 bits per heavy atom. The maximum absolute atomic E-state index is 13.7. The van der Waals surface area contributed by atoms with Crippen molar-refractivity contribution in [2.45, 2.75) is 62.8 Å².